The van der Waals surface area contributed by atoms with Gasteiger partial charge in [0.15, 0.2) is 0 Å². The van der Waals surface area contributed by atoms with Crippen LogP contribution in [-0.2, 0) is 0 Å². The van der Waals surface area contributed by atoms with E-state index in [1.807, 2.05) is 6.92 Å². The van der Waals surface area contributed by atoms with E-state index in [4.69, 9.17) is 18.0 Å². The second kappa shape index (κ2) is 4.88. The molecule has 1 rings (SSSR count). The Labute approximate surface area is 84.9 Å². The van der Waals surface area contributed by atoms with Crippen molar-refractivity contribution < 1.29 is 5.11 Å². The standard InChI is InChI=1S/C9H18N2OS/c1-7(12)8-2-4-11(6-8)5-3-9(10)13/h7-8,12H,2-6H2,1H3,(H2,10,13). The number of thiocarbonyl (C=S) groups is 1. The maximum absolute atomic E-state index is 9.37. The summed E-state index contributed by atoms with van der Waals surface area (Å²) >= 11 is 4.81. The Morgan fingerprint density at radius 3 is 2.92 bits per heavy atom. The van der Waals surface area contributed by atoms with Gasteiger partial charge in [0, 0.05) is 19.5 Å². The summed E-state index contributed by atoms with van der Waals surface area (Å²) in [5.41, 5.74) is 5.42. The fourth-order valence-corrected chi connectivity index (χ4v) is 1.82. The molecule has 0 bridgehead atoms. The van der Waals surface area contributed by atoms with Gasteiger partial charge in [-0.2, -0.15) is 0 Å². The van der Waals surface area contributed by atoms with Crippen LogP contribution in [0.2, 0.25) is 0 Å². The van der Waals surface area contributed by atoms with E-state index in [0.29, 0.717) is 10.9 Å². The van der Waals surface area contributed by atoms with Crippen LogP contribution in [0, 0.1) is 5.92 Å². The second-order valence-electron chi connectivity index (χ2n) is 3.81. The highest BCUT2D eigenvalue weighted by atomic mass is 32.1. The van der Waals surface area contributed by atoms with Crippen LogP contribution >= 0.6 is 12.2 Å². The first-order valence-electron chi connectivity index (χ1n) is 4.78. The van der Waals surface area contributed by atoms with Gasteiger partial charge < -0.3 is 15.7 Å². The summed E-state index contributed by atoms with van der Waals surface area (Å²) in [7, 11) is 0. The number of aliphatic hydroxyl groups is 1. The van der Waals surface area contributed by atoms with Gasteiger partial charge in [-0.15, -0.1) is 0 Å². The van der Waals surface area contributed by atoms with E-state index in [-0.39, 0.29) is 6.10 Å². The number of hydrogen-bond acceptors (Lipinski definition) is 3. The van der Waals surface area contributed by atoms with Crippen LogP contribution in [0.4, 0.5) is 0 Å². The molecule has 0 spiro atoms. The largest absolute Gasteiger partial charge is 0.393 e. The van der Waals surface area contributed by atoms with Crippen LogP contribution in [0.15, 0.2) is 0 Å². The van der Waals surface area contributed by atoms with Crippen molar-refractivity contribution in [3.63, 3.8) is 0 Å². The SMILES string of the molecule is CC(O)C1CCN(CCC(N)=S)C1. The third-order valence-corrected chi connectivity index (χ3v) is 2.87. The molecule has 1 aliphatic heterocycles. The maximum atomic E-state index is 9.37. The van der Waals surface area contributed by atoms with Gasteiger partial charge in [0.25, 0.3) is 0 Å². The predicted molar refractivity (Wildman–Crippen MR) is 57.6 cm³/mol. The molecule has 2 atom stereocenters. The molecule has 0 aromatic carbocycles. The summed E-state index contributed by atoms with van der Waals surface area (Å²) < 4.78 is 0. The van der Waals surface area contributed by atoms with Gasteiger partial charge in [0.2, 0.25) is 0 Å². The van der Waals surface area contributed by atoms with Gasteiger partial charge in [-0.05, 0) is 25.8 Å². The van der Waals surface area contributed by atoms with Crippen LogP contribution in [0.1, 0.15) is 19.8 Å². The molecule has 1 aliphatic rings. The molecule has 1 saturated heterocycles. The lowest BCUT2D eigenvalue weighted by molar-refractivity contribution is 0.128. The Balaban J connectivity index is 2.21. The van der Waals surface area contributed by atoms with Gasteiger partial charge in [-0.1, -0.05) is 12.2 Å². The third kappa shape index (κ3) is 3.58. The molecule has 0 aromatic heterocycles. The van der Waals surface area contributed by atoms with E-state index in [2.05, 4.69) is 4.90 Å². The number of rotatable bonds is 4. The number of nitrogens with zero attached hydrogens (tertiary/aromatic N) is 1. The van der Waals surface area contributed by atoms with Crippen LogP contribution in [0.3, 0.4) is 0 Å². The smallest absolute Gasteiger partial charge is 0.0740 e. The van der Waals surface area contributed by atoms with E-state index in [1.165, 1.54) is 0 Å². The average Bonchev–Trinajstić information content (AvgIpc) is 2.48. The Morgan fingerprint density at radius 2 is 2.46 bits per heavy atom. The molecule has 0 amide bonds. The molecule has 1 fully saturated rings. The molecule has 3 N–H and O–H groups in total. The summed E-state index contributed by atoms with van der Waals surface area (Å²) in [6.07, 6.45) is 1.70. The molecule has 0 aromatic rings. The van der Waals surface area contributed by atoms with Crippen molar-refractivity contribution in [2.45, 2.75) is 25.9 Å². The molecule has 13 heavy (non-hydrogen) atoms. The highest BCUT2D eigenvalue weighted by Gasteiger charge is 2.25. The summed E-state index contributed by atoms with van der Waals surface area (Å²) in [4.78, 5) is 2.90. The number of aliphatic hydroxyl groups excluding tert-OH is 1. The topological polar surface area (TPSA) is 49.5 Å². The highest BCUT2D eigenvalue weighted by molar-refractivity contribution is 7.80. The molecule has 2 unspecified atom stereocenters. The number of likely N-dealkylation sites (tertiary alicyclic amines) is 1. The van der Waals surface area contributed by atoms with Gasteiger partial charge in [-0.3, -0.25) is 0 Å². The first-order valence-corrected chi connectivity index (χ1v) is 5.19. The highest BCUT2D eigenvalue weighted by Crippen LogP contribution is 2.19. The fraction of sp³-hybridized carbons (Fsp3) is 0.889. The molecule has 0 aliphatic carbocycles. The molecule has 4 heteroatoms. The molecular weight excluding hydrogens is 184 g/mol. The monoisotopic (exact) mass is 202 g/mol. The summed E-state index contributed by atoms with van der Waals surface area (Å²) in [5.74, 6) is 0.436. The fourth-order valence-electron chi connectivity index (χ4n) is 1.73. The van der Waals surface area contributed by atoms with E-state index >= 15 is 0 Å². The second-order valence-corrected chi connectivity index (χ2v) is 4.33. The van der Waals surface area contributed by atoms with Crippen molar-refractivity contribution in [3.05, 3.63) is 0 Å². The first-order chi connectivity index (χ1) is 6.09. The lowest BCUT2D eigenvalue weighted by atomic mass is 10.0. The Bertz CT molecular complexity index is 184. The lowest BCUT2D eigenvalue weighted by Crippen LogP contribution is -2.27. The van der Waals surface area contributed by atoms with E-state index in [0.717, 1.165) is 32.5 Å². The molecule has 1 heterocycles. The van der Waals surface area contributed by atoms with E-state index in [9.17, 15) is 5.11 Å². The van der Waals surface area contributed by atoms with Crippen molar-refractivity contribution in [2.75, 3.05) is 19.6 Å². The van der Waals surface area contributed by atoms with Crippen molar-refractivity contribution in [3.8, 4) is 0 Å². The van der Waals surface area contributed by atoms with Crippen molar-refractivity contribution >= 4 is 17.2 Å². The van der Waals surface area contributed by atoms with E-state index in [1.54, 1.807) is 0 Å². The Kier molecular flexibility index (Phi) is 4.09. The zero-order valence-corrected chi connectivity index (χ0v) is 8.89. The molecular formula is C9H18N2OS. The van der Waals surface area contributed by atoms with Gasteiger partial charge in [-0.25, -0.2) is 0 Å². The minimum absolute atomic E-state index is 0.185. The van der Waals surface area contributed by atoms with Crippen LogP contribution in [0.25, 0.3) is 0 Å². The van der Waals surface area contributed by atoms with E-state index < -0.39 is 0 Å². The molecule has 3 nitrogen and oxygen atoms in total. The van der Waals surface area contributed by atoms with Crippen molar-refractivity contribution in [1.82, 2.24) is 4.90 Å². The average molecular weight is 202 g/mol. The summed E-state index contributed by atoms with van der Waals surface area (Å²) in [5, 5.41) is 9.37. The van der Waals surface area contributed by atoms with Crippen molar-refractivity contribution in [2.24, 2.45) is 11.7 Å². The van der Waals surface area contributed by atoms with Gasteiger partial charge in [0.05, 0.1) is 11.1 Å². The van der Waals surface area contributed by atoms with Crippen LogP contribution in [0.5, 0.6) is 0 Å². The maximum Gasteiger partial charge on any atom is 0.0740 e. The molecule has 0 radical (unpaired) electrons. The third-order valence-electron chi connectivity index (χ3n) is 2.67. The Morgan fingerprint density at radius 1 is 1.77 bits per heavy atom. The normalized spacial score (nSPS) is 26.2. The predicted octanol–water partition coefficient (Wildman–Crippen LogP) is 0.365. The first kappa shape index (κ1) is 10.9. The minimum Gasteiger partial charge on any atom is -0.393 e. The molecule has 76 valence electrons. The summed E-state index contributed by atoms with van der Waals surface area (Å²) in [6.45, 7) is 4.86. The zero-order valence-electron chi connectivity index (χ0n) is 8.07. The van der Waals surface area contributed by atoms with Gasteiger partial charge >= 0.3 is 0 Å². The lowest BCUT2D eigenvalue weighted by Gasteiger charge is -2.16. The van der Waals surface area contributed by atoms with Gasteiger partial charge in [0.1, 0.15) is 0 Å². The quantitative estimate of drug-likeness (QED) is 0.647. The minimum atomic E-state index is -0.185. The van der Waals surface area contributed by atoms with Crippen LogP contribution < -0.4 is 5.73 Å². The number of nitrogens with two attached hydrogens (primary N) is 1. The number of hydrogen-bond donors (Lipinski definition) is 2. The summed E-state index contributed by atoms with van der Waals surface area (Å²) in [6, 6.07) is 0. The Hall–Kier alpha value is -0.190. The van der Waals surface area contributed by atoms with Crippen molar-refractivity contribution in [1.29, 1.82) is 0 Å². The molecule has 0 saturated carbocycles. The van der Waals surface area contributed by atoms with Crippen LogP contribution in [-0.4, -0.2) is 40.7 Å². The zero-order chi connectivity index (χ0) is 9.84.